The average molecular weight is 254 g/mol. The SMILES string of the molecule is O=C1CC(NC(=O)CC2(C(=O)O)CCCC2)CN1. The molecule has 0 aromatic heterocycles. The Labute approximate surface area is 105 Å². The quantitative estimate of drug-likeness (QED) is 0.659. The number of carboxylic acids is 1. The third-order valence-electron chi connectivity index (χ3n) is 3.86. The van der Waals surface area contributed by atoms with Crippen LogP contribution in [0, 0.1) is 5.41 Å². The van der Waals surface area contributed by atoms with Crippen LogP contribution in [0.3, 0.4) is 0 Å². The molecule has 6 heteroatoms. The number of hydrogen-bond acceptors (Lipinski definition) is 3. The normalized spacial score (nSPS) is 25.8. The molecule has 6 nitrogen and oxygen atoms in total. The number of rotatable bonds is 4. The van der Waals surface area contributed by atoms with Gasteiger partial charge in [0, 0.05) is 19.4 Å². The summed E-state index contributed by atoms with van der Waals surface area (Å²) in [5, 5.41) is 14.6. The molecular weight excluding hydrogens is 236 g/mol. The minimum absolute atomic E-state index is 0.0209. The van der Waals surface area contributed by atoms with E-state index in [0.717, 1.165) is 12.8 Å². The van der Waals surface area contributed by atoms with Crippen LogP contribution in [0.15, 0.2) is 0 Å². The fraction of sp³-hybridized carbons (Fsp3) is 0.750. The summed E-state index contributed by atoms with van der Waals surface area (Å²) < 4.78 is 0. The third-order valence-corrected chi connectivity index (χ3v) is 3.86. The molecule has 0 aromatic rings. The zero-order valence-electron chi connectivity index (χ0n) is 10.2. The van der Waals surface area contributed by atoms with Crippen LogP contribution < -0.4 is 10.6 Å². The number of carbonyl (C=O) groups is 3. The summed E-state index contributed by atoms with van der Waals surface area (Å²) in [5.41, 5.74) is -0.889. The molecule has 2 rings (SSSR count). The van der Waals surface area contributed by atoms with Crippen molar-refractivity contribution in [3.05, 3.63) is 0 Å². The Bertz CT molecular complexity index is 374. The van der Waals surface area contributed by atoms with E-state index in [0.29, 0.717) is 19.4 Å². The van der Waals surface area contributed by atoms with Crippen LogP contribution >= 0.6 is 0 Å². The molecule has 0 aromatic carbocycles. The van der Waals surface area contributed by atoms with E-state index in [4.69, 9.17) is 0 Å². The van der Waals surface area contributed by atoms with Crippen LogP contribution in [-0.2, 0) is 14.4 Å². The van der Waals surface area contributed by atoms with Gasteiger partial charge in [0.2, 0.25) is 11.8 Å². The standard InChI is InChI=1S/C12H18N2O4/c15-9-5-8(7-13-9)14-10(16)6-12(11(17)18)3-1-2-4-12/h8H,1-7H2,(H,13,15)(H,14,16)(H,17,18). The lowest BCUT2D eigenvalue weighted by Crippen LogP contribution is -2.41. The second-order valence-electron chi connectivity index (χ2n) is 5.24. The van der Waals surface area contributed by atoms with Crippen LogP contribution in [-0.4, -0.2) is 35.5 Å². The van der Waals surface area contributed by atoms with E-state index >= 15 is 0 Å². The first-order valence-electron chi connectivity index (χ1n) is 6.31. The fourth-order valence-corrected chi connectivity index (χ4v) is 2.81. The van der Waals surface area contributed by atoms with Gasteiger partial charge in [-0.3, -0.25) is 14.4 Å². The van der Waals surface area contributed by atoms with Gasteiger partial charge < -0.3 is 15.7 Å². The summed E-state index contributed by atoms with van der Waals surface area (Å²) in [5.74, 6) is -1.22. The maximum atomic E-state index is 11.9. The third kappa shape index (κ3) is 2.63. The van der Waals surface area contributed by atoms with E-state index in [1.165, 1.54) is 0 Å². The molecule has 1 saturated heterocycles. The van der Waals surface area contributed by atoms with Gasteiger partial charge in [0.15, 0.2) is 0 Å². The summed E-state index contributed by atoms with van der Waals surface area (Å²) in [4.78, 5) is 34.2. The van der Waals surface area contributed by atoms with Gasteiger partial charge in [-0.1, -0.05) is 12.8 Å². The first-order valence-corrected chi connectivity index (χ1v) is 6.31. The van der Waals surface area contributed by atoms with Gasteiger partial charge in [0.1, 0.15) is 0 Å². The van der Waals surface area contributed by atoms with Crippen LogP contribution in [0.1, 0.15) is 38.5 Å². The predicted molar refractivity (Wildman–Crippen MR) is 62.7 cm³/mol. The Kier molecular flexibility index (Phi) is 3.54. The van der Waals surface area contributed by atoms with Gasteiger partial charge in [-0.2, -0.15) is 0 Å². The van der Waals surface area contributed by atoms with Crippen LogP contribution in [0.4, 0.5) is 0 Å². The van der Waals surface area contributed by atoms with Crippen molar-refractivity contribution < 1.29 is 19.5 Å². The topological polar surface area (TPSA) is 95.5 Å². The van der Waals surface area contributed by atoms with E-state index in [2.05, 4.69) is 10.6 Å². The van der Waals surface area contributed by atoms with Crippen molar-refractivity contribution in [1.29, 1.82) is 0 Å². The number of carboxylic acid groups (broad SMARTS) is 1. The molecule has 1 aliphatic carbocycles. The van der Waals surface area contributed by atoms with E-state index < -0.39 is 11.4 Å². The van der Waals surface area contributed by atoms with Crippen LogP contribution in [0.2, 0.25) is 0 Å². The largest absolute Gasteiger partial charge is 0.481 e. The molecule has 1 saturated carbocycles. The van der Waals surface area contributed by atoms with Crippen molar-refractivity contribution >= 4 is 17.8 Å². The second kappa shape index (κ2) is 4.96. The van der Waals surface area contributed by atoms with Crippen molar-refractivity contribution in [1.82, 2.24) is 10.6 Å². The summed E-state index contributed by atoms with van der Waals surface area (Å²) >= 11 is 0. The van der Waals surface area contributed by atoms with Crippen molar-refractivity contribution in [2.45, 2.75) is 44.6 Å². The molecule has 100 valence electrons. The average Bonchev–Trinajstić information content (AvgIpc) is 2.89. The lowest BCUT2D eigenvalue weighted by molar-refractivity contribution is -0.151. The van der Waals surface area contributed by atoms with Crippen molar-refractivity contribution in [3.8, 4) is 0 Å². The number of nitrogens with one attached hydrogen (secondary N) is 2. The van der Waals surface area contributed by atoms with E-state index in [1.807, 2.05) is 0 Å². The molecule has 18 heavy (non-hydrogen) atoms. The predicted octanol–water partition coefficient (Wildman–Crippen LogP) is 0.0262. The molecule has 1 atom stereocenters. The summed E-state index contributed by atoms with van der Waals surface area (Å²) in [6.07, 6.45) is 3.17. The highest BCUT2D eigenvalue weighted by atomic mass is 16.4. The summed E-state index contributed by atoms with van der Waals surface area (Å²) in [7, 11) is 0. The van der Waals surface area contributed by atoms with Gasteiger partial charge in [-0.25, -0.2) is 0 Å². The lowest BCUT2D eigenvalue weighted by atomic mass is 9.82. The minimum atomic E-state index is -0.889. The summed E-state index contributed by atoms with van der Waals surface area (Å²) in [6.45, 7) is 0.435. The van der Waals surface area contributed by atoms with Crippen LogP contribution in [0.25, 0.3) is 0 Å². The molecule has 2 fully saturated rings. The smallest absolute Gasteiger partial charge is 0.310 e. The number of aliphatic carboxylic acids is 1. The van der Waals surface area contributed by atoms with E-state index in [-0.39, 0.29) is 30.7 Å². The molecule has 0 radical (unpaired) electrons. The Morgan fingerprint density at radius 2 is 2.06 bits per heavy atom. The Morgan fingerprint density at radius 3 is 2.56 bits per heavy atom. The monoisotopic (exact) mass is 254 g/mol. The Hall–Kier alpha value is -1.59. The molecule has 0 bridgehead atoms. The minimum Gasteiger partial charge on any atom is -0.481 e. The first kappa shape index (κ1) is 12.9. The zero-order chi connectivity index (χ0) is 13.2. The maximum Gasteiger partial charge on any atom is 0.310 e. The Balaban J connectivity index is 1.89. The highest BCUT2D eigenvalue weighted by molar-refractivity contribution is 5.86. The number of amides is 2. The molecule has 0 spiro atoms. The Morgan fingerprint density at radius 1 is 1.39 bits per heavy atom. The van der Waals surface area contributed by atoms with Gasteiger partial charge >= 0.3 is 5.97 Å². The van der Waals surface area contributed by atoms with Gasteiger partial charge in [-0.15, -0.1) is 0 Å². The second-order valence-corrected chi connectivity index (χ2v) is 5.24. The molecule has 1 heterocycles. The van der Waals surface area contributed by atoms with Crippen molar-refractivity contribution in [2.24, 2.45) is 5.41 Å². The molecule has 2 amide bonds. The zero-order valence-corrected chi connectivity index (χ0v) is 10.2. The van der Waals surface area contributed by atoms with Crippen molar-refractivity contribution in [2.75, 3.05) is 6.54 Å². The maximum absolute atomic E-state index is 11.9. The highest BCUT2D eigenvalue weighted by Crippen LogP contribution is 2.41. The van der Waals surface area contributed by atoms with Gasteiger partial charge in [-0.05, 0) is 12.8 Å². The highest BCUT2D eigenvalue weighted by Gasteiger charge is 2.43. The fourth-order valence-electron chi connectivity index (χ4n) is 2.81. The first-order chi connectivity index (χ1) is 8.52. The summed E-state index contributed by atoms with van der Waals surface area (Å²) in [6, 6.07) is -0.197. The molecular formula is C12H18N2O4. The van der Waals surface area contributed by atoms with Gasteiger partial charge in [0.25, 0.3) is 0 Å². The molecule has 3 N–H and O–H groups in total. The van der Waals surface area contributed by atoms with Gasteiger partial charge in [0.05, 0.1) is 11.5 Å². The van der Waals surface area contributed by atoms with Crippen LogP contribution in [0.5, 0.6) is 0 Å². The van der Waals surface area contributed by atoms with E-state index in [9.17, 15) is 19.5 Å². The molecule has 2 aliphatic rings. The van der Waals surface area contributed by atoms with Crippen molar-refractivity contribution in [3.63, 3.8) is 0 Å². The van der Waals surface area contributed by atoms with E-state index in [1.54, 1.807) is 0 Å². The number of carbonyl (C=O) groups excluding carboxylic acids is 2. The lowest BCUT2D eigenvalue weighted by Gasteiger charge is -2.23. The molecule has 1 aliphatic heterocycles. The number of hydrogen-bond donors (Lipinski definition) is 3. The molecule has 1 unspecified atom stereocenters.